The molecule has 0 saturated heterocycles. The molecule has 0 aliphatic carbocycles. The molecule has 0 aliphatic heterocycles. The van der Waals surface area contributed by atoms with Gasteiger partial charge in [-0.15, -0.1) is 0 Å². The Morgan fingerprint density at radius 1 is 1.16 bits per heavy atom. The number of hydrogen-bond donors (Lipinski definition) is 3. The molecule has 0 heterocycles. The van der Waals surface area contributed by atoms with Crippen LogP contribution in [-0.2, 0) is 16.1 Å². The van der Waals surface area contributed by atoms with Crippen LogP contribution in [0.25, 0.3) is 0 Å². The standard InChI is InChI=1S/C19H21NO5/c1-3-16(15-7-8-17(22)12(2)19(15)24)20-10-18(23)25-11-13-5-4-6-14(21)9-13/h4-9,21-22,24H,3,10-11H2,1-2H3. The van der Waals surface area contributed by atoms with Crippen LogP contribution >= 0.6 is 0 Å². The maximum absolute atomic E-state index is 11.9. The number of aromatic hydroxyl groups is 3. The fourth-order valence-corrected chi connectivity index (χ4v) is 2.33. The summed E-state index contributed by atoms with van der Waals surface area (Å²) in [5.41, 5.74) is 2.08. The second-order valence-corrected chi connectivity index (χ2v) is 5.55. The Balaban J connectivity index is 2.03. The van der Waals surface area contributed by atoms with Gasteiger partial charge in [0.1, 0.15) is 30.4 Å². The first kappa shape index (κ1) is 18.3. The minimum atomic E-state index is -0.510. The van der Waals surface area contributed by atoms with Gasteiger partial charge in [-0.3, -0.25) is 9.79 Å². The number of ether oxygens (including phenoxy) is 1. The van der Waals surface area contributed by atoms with Crippen molar-refractivity contribution in [3.05, 3.63) is 53.1 Å². The SMILES string of the molecule is CCC(=NCC(=O)OCc1cccc(O)c1)c1ccc(O)c(C)c1O. The summed E-state index contributed by atoms with van der Waals surface area (Å²) < 4.78 is 5.13. The summed E-state index contributed by atoms with van der Waals surface area (Å²) in [5.74, 6) is -0.446. The van der Waals surface area contributed by atoms with Crippen molar-refractivity contribution in [2.45, 2.75) is 26.9 Å². The van der Waals surface area contributed by atoms with E-state index in [1.165, 1.54) is 18.2 Å². The third-order valence-electron chi connectivity index (χ3n) is 3.76. The number of aliphatic imine (C=N–C) groups is 1. The Labute approximate surface area is 146 Å². The third kappa shape index (κ3) is 4.73. The first-order valence-electron chi connectivity index (χ1n) is 7.91. The van der Waals surface area contributed by atoms with E-state index in [-0.39, 0.29) is 30.4 Å². The zero-order valence-electron chi connectivity index (χ0n) is 14.2. The highest BCUT2D eigenvalue weighted by Gasteiger charge is 2.13. The smallest absolute Gasteiger partial charge is 0.328 e. The van der Waals surface area contributed by atoms with Gasteiger partial charge in [0, 0.05) is 16.8 Å². The Morgan fingerprint density at radius 2 is 1.92 bits per heavy atom. The first-order valence-corrected chi connectivity index (χ1v) is 7.91. The van der Waals surface area contributed by atoms with Gasteiger partial charge in [0.05, 0.1) is 0 Å². The van der Waals surface area contributed by atoms with Crippen LogP contribution in [0.3, 0.4) is 0 Å². The van der Waals surface area contributed by atoms with E-state index >= 15 is 0 Å². The number of rotatable bonds is 6. The molecule has 3 N–H and O–H groups in total. The van der Waals surface area contributed by atoms with Crippen molar-refractivity contribution in [2.24, 2.45) is 4.99 Å². The van der Waals surface area contributed by atoms with E-state index in [2.05, 4.69) is 4.99 Å². The predicted molar refractivity (Wildman–Crippen MR) is 94.1 cm³/mol. The molecular formula is C19H21NO5. The van der Waals surface area contributed by atoms with E-state index in [1.54, 1.807) is 25.1 Å². The minimum Gasteiger partial charge on any atom is -0.508 e. The van der Waals surface area contributed by atoms with E-state index < -0.39 is 5.97 Å². The van der Waals surface area contributed by atoms with Gasteiger partial charge in [0.2, 0.25) is 0 Å². The Kier molecular flexibility index (Phi) is 6.00. The molecule has 6 heteroatoms. The van der Waals surface area contributed by atoms with E-state index in [1.807, 2.05) is 6.92 Å². The van der Waals surface area contributed by atoms with Gasteiger partial charge >= 0.3 is 5.97 Å². The van der Waals surface area contributed by atoms with E-state index in [4.69, 9.17) is 4.74 Å². The van der Waals surface area contributed by atoms with Crippen LogP contribution in [-0.4, -0.2) is 33.5 Å². The topological polar surface area (TPSA) is 99.4 Å². The summed E-state index contributed by atoms with van der Waals surface area (Å²) in [7, 11) is 0. The van der Waals surface area contributed by atoms with Crippen LogP contribution in [0.2, 0.25) is 0 Å². The molecule has 0 saturated carbocycles. The summed E-state index contributed by atoms with van der Waals surface area (Å²) >= 11 is 0. The van der Waals surface area contributed by atoms with Gasteiger partial charge < -0.3 is 20.1 Å². The Morgan fingerprint density at radius 3 is 2.60 bits per heavy atom. The normalized spacial score (nSPS) is 11.4. The lowest BCUT2D eigenvalue weighted by Crippen LogP contribution is -2.11. The van der Waals surface area contributed by atoms with Crippen molar-refractivity contribution in [2.75, 3.05) is 6.54 Å². The lowest BCUT2D eigenvalue weighted by Gasteiger charge is -2.10. The highest BCUT2D eigenvalue weighted by Crippen LogP contribution is 2.30. The molecule has 2 aromatic carbocycles. The molecule has 0 bridgehead atoms. The fourth-order valence-electron chi connectivity index (χ4n) is 2.33. The number of benzene rings is 2. The second kappa shape index (κ2) is 8.19. The maximum atomic E-state index is 11.9. The number of esters is 1. The van der Waals surface area contributed by atoms with Crippen molar-refractivity contribution in [1.29, 1.82) is 0 Å². The van der Waals surface area contributed by atoms with Gasteiger partial charge in [-0.05, 0) is 43.2 Å². The molecule has 25 heavy (non-hydrogen) atoms. The van der Waals surface area contributed by atoms with Gasteiger partial charge in [-0.1, -0.05) is 19.1 Å². The number of phenolic OH excluding ortho intramolecular Hbond substituents is 3. The van der Waals surface area contributed by atoms with Crippen LogP contribution in [0.1, 0.15) is 30.0 Å². The lowest BCUT2D eigenvalue weighted by molar-refractivity contribution is -0.143. The number of nitrogens with zero attached hydrogens (tertiary/aromatic N) is 1. The summed E-state index contributed by atoms with van der Waals surface area (Å²) in [6.07, 6.45) is 0.512. The van der Waals surface area contributed by atoms with E-state index in [0.29, 0.717) is 28.8 Å². The number of hydrogen-bond acceptors (Lipinski definition) is 6. The molecule has 0 amide bonds. The van der Waals surface area contributed by atoms with E-state index in [9.17, 15) is 20.1 Å². The monoisotopic (exact) mass is 343 g/mol. The van der Waals surface area contributed by atoms with Gasteiger partial charge in [-0.25, -0.2) is 0 Å². The maximum Gasteiger partial charge on any atom is 0.328 e. The third-order valence-corrected chi connectivity index (χ3v) is 3.76. The molecule has 0 aromatic heterocycles. The van der Waals surface area contributed by atoms with Crippen molar-refractivity contribution in [3.8, 4) is 17.2 Å². The van der Waals surface area contributed by atoms with Crippen molar-refractivity contribution in [3.63, 3.8) is 0 Å². The zero-order valence-corrected chi connectivity index (χ0v) is 14.2. The molecule has 0 radical (unpaired) electrons. The summed E-state index contributed by atoms with van der Waals surface area (Å²) in [5, 5.41) is 29.1. The molecule has 2 aromatic rings. The zero-order chi connectivity index (χ0) is 18.4. The molecule has 0 aliphatic rings. The average Bonchev–Trinajstić information content (AvgIpc) is 2.60. The van der Waals surface area contributed by atoms with Crippen LogP contribution in [0, 0.1) is 6.92 Å². The summed E-state index contributed by atoms with van der Waals surface area (Å²) in [4.78, 5) is 16.1. The van der Waals surface area contributed by atoms with Crippen LogP contribution in [0.4, 0.5) is 0 Å². The van der Waals surface area contributed by atoms with Crippen LogP contribution in [0.15, 0.2) is 41.4 Å². The Bertz CT molecular complexity index is 798. The first-order chi connectivity index (χ1) is 11.9. The van der Waals surface area contributed by atoms with Gasteiger partial charge in [-0.2, -0.15) is 0 Å². The second-order valence-electron chi connectivity index (χ2n) is 5.55. The highest BCUT2D eigenvalue weighted by molar-refractivity contribution is 6.03. The van der Waals surface area contributed by atoms with E-state index in [0.717, 1.165) is 0 Å². The minimum absolute atomic E-state index is 0.00206. The quantitative estimate of drug-likeness (QED) is 0.553. The fraction of sp³-hybridized carbons (Fsp3) is 0.263. The van der Waals surface area contributed by atoms with Crippen molar-refractivity contribution in [1.82, 2.24) is 0 Å². The number of carbonyl (C=O) groups is 1. The van der Waals surface area contributed by atoms with Gasteiger partial charge in [0.15, 0.2) is 0 Å². The average molecular weight is 343 g/mol. The van der Waals surface area contributed by atoms with Crippen LogP contribution in [0.5, 0.6) is 17.2 Å². The molecule has 0 fully saturated rings. The van der Waals surface area contributed by atoms with Crippen molar-refractivity contribution < 1.29 is 24.9 Å². The number of carbonyl (C=O) groups excluding carboxylic acids is 1. The Hall–Kier alpha value is -3.02. The van der Waals surface area contributed by atoms with Crippen LogP contribution < -0.4 is 0 Å². The van der Waals surface area contributed by atoms with Crippen molar-refractivity contribution >= 4 is 11.7 Å². The molecule has 0 unspecified atom stereocenters. The molecule has 2 rings (SSSR count). The van der Waals surface area contributed by atoms with Gasteiger partial charge in [0.25, 0.3) is 0 Å². The molecule has 0 spiro atoms. The predicted octanol–water partition coefficient (Wildman–Crippen LogP) is 3.05. The largest absolute Gasteiger partial charge is 0.508 e. The molecule has 6 nitrogen and oxygen atoms in total. The molecule has 132 valence electrons. The number of phenols is 3. The molecule has 0 atom stereocenters. The lowest BCUT2D eigenvalue weighted by atomic mass is 10.0. The molecular weight excluding hydrogens is 322 g/mol. The highest BCUT2D eigenvalue weighted by atomic mass is 16.5. The summed E-state index contributed by atoms with van der Waals surface area (Å²) in [6, 6.07) is 9.52. The summed E-state index contributed by atoms with van der Waals surface area (Å²) in [6.45, 7) is 3.33.